The summed E-state index contributed by atoms with van der Waals surface area (Å²) in [5, 5.41) is 0. The van der Waals surface area contributed by atoms with E-state index in [1.807, 2.05) is 0 Å². The molecule has 3 nitrogen and oxygen atoms in total. The van der Waals surface area contributed by atoms with Gasteiger partial charge in [-0.2, -0.15) is 21.6 Å². The molecule has 0 saturated carbocycles. The lowest BCUT2D eigenvalue weighted by Gasteiger charge is -2.13. The normalized spacial score (nSPS) is 16.1. The highest BCUT2D eigenvalue weighted by Gasteiger charge is 2.39. The smallest absolute Gasteiger partial charge is 0.197 e. The van der Waals surface area contributed by atoms with Crippen molar-refractivity contribution in [2.24, 2.45) is 5.92 Å². The van der Waals surface area contributed by atoms with Crippen molar-refractivity contribution in [2.75, 3.05) is 5.75 Å². The van der Waals surface area contributed by atoms with Crippen molar-refractivity contribution >= 4 is 10.1 Å². The molecule has 0 aromatic heterocycles. The molecule has 12 heavy (non-hydrogen) atoms. The maximum atomic E-state index is 11.7. The molecule has 0 bridgehead atoms. The highest BCUT2D eigenvalue weighted by molar-refractivity contribution is 7.86. The van der Waals surface area contributed by atoms with E-state index >= 15 is 0 Å². The van der Waals surface area contributed by atoms with Gasteiger partial charge in [0.15, 0.2) is 0 Å². The maximum absolute atomic E-state index is 11.7. The van der Waals surface area contributed by atoms with Gasteiger partial charge in [-0.15, -0.1) is 0 Å². The molecule has 0 heterocycles. The second kappa shape index (κ2) is 3.56. The Morgan fingerprint density at radius 3 is 2.08 bits per heavy atom. The van der Waals surface area contributed by atoms with Crippen LogP contribution in [-0.4, -0.2) is 20.3 Å². The van der Waals surface area contributed by atoms with Gasteiger partial charge in [0, 0.05) is 0 Å². The van der Waals surface area contributed by atoms with Gasteiger partial charge in [-0.3, -0.25) is 0 Å². The van der Waals surface area contributed by atoms with E-state index in [0.29, 0.717) is 6.92 Å². The van der Waals surface area contributed by atoms with Crippen LogP contribution < -0.4 is 0 Å². The van der Waals surface area contributed by atoms with Gasteiger partial charge in [0.2, 0.25) is 0 Å². The number of hydrogen-bond acceptors (Lipinski definition) is 3. The zero-order valence-electron chi connectivity index (χ0n) is 5.93. The summed E-state index contributed by atoms with van der Waals surface area (Å²) >= 11 is 0. The van der Waals surface area contributed by atoms with Gasteiger partial charge in [-0.05, 0) is 4.53 Å². The van der Waals surface area contributed by atoms with Crippen molar-refractivity contribution in [3.8, 4) is 0 Å². The van der Waals surface area contributed by atoms with Gasteiger partial charge in [0.25, 0.3) is 10.1 Å². The molecule has 0 aliphatic carbocycles. The van der Waals surface area contributed by atoms with E-state index in [0.717, 1.165) is 0 Å². The van der Waals surface area contributed by atoms with Gasteiger partial charge in [-0.1, -0.05) is 11.3 Å². The molecule has 0 aliphatic rings. The zero-order valence-corrected chi connectivity index (χ0v) is 6.75. The van der Waals surface area contributed by atoms with Crippen LogP contribution in [0.2, 0.25) is 0 Å². The van der Waals surface area contributed by atoms with Crippen LogP contribution in [0.5, 0.6) is 0 Å². The summed E-state index contributed by atoms with van der Waals surface area (Å²) in [5.41, 5.74) is 0. The lowest BCUT2D eigenvalue weighted by Crippen LogP contribution is -2.27. The quantitative estimate of drug-likeness (QED) is 0.661. The lowest BCUT2D eigenvalue weighted by atomic mass is 10.2. The molecule has 0 fully saturated rings. The van der Waals surface area contributed by atoms with E-state index < -0.39 is 28.0 Å². The van der Waals surface area contributed by atoms with Gasteiger partial charge in [0.05, 0.1) is 11.7 Å². The second-order valence-corrected chi connectivity index (χ2v) is 3.80. The van der Waals surface area contributed by atoms with Crippen LogP contribution >= 0.6 is 0 Å². The highest BCUT2D eigenvalue weighted by atomic mass is 32.2. The molecule has 8 heteroatoms. The fraction of sp³-hybridized carbons (Fsp3) is 1.00. The summed E-state index contributed by atoms with van der Waals surface area (Å²) in [5.74, 6) is -3.55. The Morgan fingerprint density at radius 2 is 1.83 bits per heavy atom. The number of rotatable bonds is 3. The monoisotopic (exact) mass is 210 g/mol. The first-order chi connectivity index (χ1) is 5.19. The van der Waals surface area contributed by atoms with Crippen molar-refractivity contribution < 1.29 is 30.5 Å². The number of alkyl halides is 3. The van der Waals surface area contributed by atoms with Crippen LogP contribution in [0, 0.1) is 5.92 Å². The Kier molecular flexibility index (Phi) is 3.45. The van der Waals surface area contributed by atoms with Crippen LogP contribution in [0.25, 0.3) is 0 Å². The fourth-order valence-electron chi connectivity index (χ4n) is 0.426. The van der Waals surface area contributed by atoms with Crippen LogP contribution in [0.3, 0.4) is 0 Å². The summed E-state index contributed by atoms with van der Waals surface area (Å²) in [4.78, 5) is 0. The van der Waals surface area contributed by atoms with Gasteiger partial charge in [-0.25, -0.2) is 0 Å². The molecule has 0 amide bonds. The molecule has 1 unspecified atom stereocenters. The molecular formula is C4H6F4O3S. The van der Waals surface area contributed by atoms with Crippen LogP contribution in [0.1, 0.15) is 6.92 Å². The van der Waals surface area contributed by atoms with E-state index in [4.69, 9.17) is 0 Å². The van der Waals surface area contributed by atoms with Gasteiger partial charge in [0.1, 0.15) is 0 Å². The number of halogens is 4. The highest BCUT2D eigenvalue weighted by Crippen LogP contribution is 2.26. The molecule has 0 aromatic carbocycles. The molecule has 0 aromatic rings. The SMILES string of the molecule is CC(CS(=O)(=O)OF)C(F)(F)F. The molecule has 0 N–H and O–H groups in total. The number of hydrogen-bond donors (Lipinski definition) is 0. The molecule has 0 aliphatic heterocycles. The zero-order chi connectivity index (χ0) is 9.99. The van der Waals surface area contributed by atoms with Crippen LogP contribution in [0.4, 0.5) is 17.7 Å². The van der Waals surface area contributed by atoms with Crippen LogP contribution in [0.15, 0.2) is 0 Å². The lowest BCUT2D eigenvalue weighted by molar-refractivity contribution is -0.164. The Balaban J connectivity index is 4.30. The van der Waals surface area contributed by atoms with Crippen molar-refractivity contribution in [2.45, 2.75) is 13.1 Å². The first-order valence-corrected chi connectivity index (χ1v) is 4.36. The molecule has 0 radical (unpaired) electrons. The third-order valence-electron chi connectivity index (χ3n) is 1.11. The third-order valence-corrected chi connectivity index (χ3v) is 2.21. The predicted molar refractivity (Wildman–Crippen MR) is 31.2 cm³/mol. The molecule has 0 spiro atoms. The molecule has 0 rings (SSSR count). The van der Waals surface area contributed by atoms with Crippen molar-refractivity contribution in [3.63, 3.8) is 0 Å². The maximum Gasteiger partial charge on any atom is 0.392 e. The minimum atomic E-state index is -4.69. The van der Waals surface area contributed by atoms with E-state index in [-0.39, 0.29) is 0 Å². The summed E-state index contributed by atoms with van der Waals surface area (Å²) in [7, 11) is -4.69. The Labute approximate surface area is 66.3 Å². The molecular weight excluding hydrogens is 204 g/mol. The summed E-state index contributed by atoms with van der Waals surface area (Å²) in [6.45, 7) is 0.622. The average Bonchev–Trinajstić information content (AvgIpc) is 1.85. The van der Waals surface area contributed by atoms with E-state index in [2.05, 4.69) is 4.39 Å². The van der Waals surface area contributed by atoms with Gasteiger partial charge >= 0.3 is 6.18 Å². The predicted octanol–water partition coefficient (Wildman–Crippen LogP) is 1.42. The fourth-order valence-corrected chi connectivity index (χ4v) is 1.28. The summed E-state index contributed by atoms with van der Waals surface area (Å²) in [6, 6.07) is 0. The summed E-state index contributed by atoms with van der Waals surface area (Å²) in [6.07, 6.45) is -4.66. The Bertz CT molecular complexity index is 231. The molecule has 0 saturated heterocycles. The minimum absolute atomic E-state index is 0.622. The first kappa shape index (κ1) is 11.6. The van der Waals surface area contributed by atoms with Crippen LogP contribution in [-0.2, 0) is 14.5 Å². The Morgan fingerprint density at radius 1 is 1.42 bits per heavy atom. The third kappa shape index (κ3) is 3.86. The van der Waals surface area contributed by atoms with Crippen molar-refractivity contribution in [3.05, 3.63) is 0 Å². The molecule has 74 valence electrons. The summed E-state index contributed by atoms with van der Waals surface area (Å²) < 4.78 is 68.8. The van der Waals surface area contributed by atoms with E-state index in [9.17, 15) is 26.1 Å². The minimum Gasteiger partial charge on any atom is -0.197 e. The largest absolute Gasteiger partial charge is 0.392 e. The topological polar surface area (TPSA) is 43.4 Å². The van der Waals surface area contributed by atoms with E-state index in [1.54, 1.807) is 0 Å². The standard InChI is InChI=1S/C4H6F4O3S/c1-3(4(5,6)7)2-12(9,10)11-8/h3H,2H2,1H3. The van der Waals surface area contributed by atoms with Gasteiger partial charge < -0.3 is 0 Å². The van der Waals surface area contributed by atoms with Crippen molar-refractivity contribution in [1.82, 2.24) is 0 Å². The van der Waals surface area contributed by atoms with E-state index in [1.165, 1.54) is 0 Å². The first-order valence-electron chi connectivity index (χ1n) is 2.78. The Hall–Kier alpha value is -0.370. The second-order valence-electron chi connectivity index (χ2n) is 2.23. The van der Waals surface area contributed by atoms with Crippen molar-refractivity contribution in [1.29, 1.82) is 0 Å². The molecule has 1 atom stereocenters. The average molecular weight is 210 g/mol.